The van der Waals surface area contributed by atoms with Crippen LogP contribution < -0.4 is 5.32 Å². The molecule has 6 heteroatoms. The number of benzene rings is 1. The van der Waals surface area contributed by atoms with Gasteiger partial charge in [-0.05, 0) is 13.3 Å². The zero-order chi connectivity index (χ0) is 16.7. The average Bonchev–Trinajstić information content (AvgIpc) is 3.02. The van der Waals surface area contributed by atoms with Gasteiger partial charge in [0, 0.05) is 11.6 Å². The molecule has 0 spiro atoms. The summed E-state index contributed by atoms with van der Waals surface area (Å²) in [4.78, 5) is 11.7. The van der Waals surface area contributed by atoms with Crippen molar-refractivity contribution in [2.24, 2.45) is 0 Å². The lowest BCUT2D eigenvalue weighted by molar-refractivity contribution is -0.118. The van der Waals surface area contributed by atoms with E-state index in [0.717, 1.165) is 23.0 Å². The van der Waals surface area contributed by atoms with Crippen LogP contribution in [0.15, 0.2) is 35.5 Å². The third-order valence-corrected chi connectivity index (χ3v) is 4.39. The fourth-order valence-electron chi connectivity index (χ4n) is 2.07. The molecule has 0 aliphatic carbocycles. The Morgan fingerprint density at radius 3 is 2.78 bits per heavy atom. The number of carbonyl (C=O) groups is 1. The summed E-state index contributed by atoms with van der Waals surface area (Å²) < 4.78 is 2.09. The second kappa shape index (κ2) is 8.39. The maximum atomic E-state index is 11.7. The lowest BCUT2D eigenvalue weighted by Crippen LogP contribution is -2.25. The van der Waals surface area contributed by atoms with E-state index in [1.807, 2.05) is 30.3 Å². The standard InChI is InChI=1S/C17H20N4OS/c1-4-11-18-15(22)12-23-17-20-19-16(21(17)13(3)5-2)14-9-7-6-8-10-14/h1,6-10,13H,5,11-12H2,2-3H3,(H,18,22)/t13-/m1/s1. The van der Waals surface area contributed by atoms with Crippen molar-refractivity contribution in [2.45, 2.75) is 31.5 Å². The van der Waals surface area contributed by atoms with Gasteiger partial charge < -0.3 is 5.32 Å². The van der Waals surface area contributed by atoms with Gasteiger partial charge >= 0.3 is 0 Å². The van der Waals surface area contributed by atoms with Crippen LogP contribution in [-0.2, 0) is 4.79 Å². The van der Waals surface area contributed by atoms with Gasteiger partial charge in [0.15, 0.2) is 11.0 Å². The van der Waals surface area contributed by atoms with Crippen molar-refractivity contribution in [3.8, 4) is 23.7 Å². The molecule has 1 aromatic heterocycles. The third-order valence-electron chi connectivity index (χ3n) is 3.45. The first-order valence-corrected chi connectivity index (χ1v) is 8.49. The molecule has 0 saturated heterocycles. The highest BCUT2D eigenvalue weighted by molar-refractivity contribution is 7.99. The highest BCUT2D eigenvalue weighted by Gasteiger charge is 2.18. The van der Waals surface area contributed by atoms with Crippen LogP contribution in [0.3, 0.4) is 0 Å². The monoisotopic (exact) mass is 328 g/mol. The minimum absolute atomic E-state index is 0.104. The fourth-order valence-corrected chi connectivity index (χ4v) is 2.94. The van der Waals surface area contributed by atoms with Crippen molar-refractivity contribution in [1.29, 1.82) is 0 Å². The predicted octanol–water partition coefficient (Wildman–Crippen LogP) is 2.76. The molecule has 0 bridgehead atoms. The Hall–Kier alpha value is -2.26. The second-order valence-corrected chi connectivity index (χ2v) is 6.01. The first kappa shape index (κ1) is 17.1. The molecule has 0 radical (unpaired) electrons. The van der Waals surface area contributed by atoms with Crippen LogP contribution in [0.2, 0.25) is 0 Å². The van der Waals surface area contributed by atoms with Crippen molar-refractivity contribution in [3.05, 3.63) is 30.3 Å². The summed E-state index contributed by atoms with van der Waals surface area (Å²) in [5.74, 6) is 3.38. The Bertz CT molecular complexity index is 690. The Kier molecular flexibility index (Phi) is 6.24. The van der Waals surface area contributed by atoms with Gasteiger partial charge in [0.25, 0.3) is 0 Å². The highest BCUT2D eigenvalue weighted by Crippen LogP contribution is 2.28. The van der Waals surface area contributed by atoms with E-state index in [9.17, 15) is 4.79 Å². The first-order chi connectivity index (χ1) is 11.2. The number of rotatable bonds is 7. The van der Waals surface area contributed by atoms with Crippen molar-refractivity contribution < 1.29 is 4.79 Å². The van der Waals surface area contributed by atoms with Crippen molar-refractivity contribution in [2.75, 3.05) is 12.3 Å². The Morgan fingerprint density at radius 2 is 2.13 bits per heavy atom. The zero-order valence-corrected chi connectivity index (χ0v) is 14.1. The van der Waals surface area contributed by atoms with Gasteiger partial charge in [-0.3, -0.25) is 9.36 Å². The van der Waals surface area contributed by atoms with Gasteiger partial charge in [0.1, 0.15) is 0 Å². The van der Waals surface area contributed by atoms with E-state index in [2.05, 4.69) is 39.8 Å². The Morgan fingerprint density at radius 1 is 1.39 bits per heavy atom. The molecular weight excluding hydrogens is 308 g/mol. The molecule has 0 aliphatic heterocycles. The smallest absolute Gasteiger partial charge is 0.231 e. The first-order valence-electron chi connectivity index (χ1n) is 7.50. The van der Waals surface area contributed by atoms with Crippen LogP contribution in [0.1, 0.15) is 26.3 Å². The van der Waals surface area contributed by atoms with Gasteiger partial charge in [-0.15, -0.1) is 16.6 Å². The van der Waals surface area contributed by atoms with Crippen molar-refractivity contribution >= 4 is 17.7 Å². The van der Waals surface area contributed by atoms with E-state index in [4.69, 9.17) is 6.42 Å². The number of nitrogens with one attached hydrogen (secondary N) is 1. The van der Waals surface area contributed by atoms with Gasteiger partial charge in [0.05, 0.1) is 12.3 Å². The fraction of sp³-hybridized carbons (Fsp3) is 0.353. The van der Waals surface area contributed by atoms with Gasteiger partial charge in [-0.25, -0.2) is 0 Å². The average molecular weight is 328 g/mol. The number of hydrogen-bond acceptors (Lipinski definition) is 4. The van der Waals surface area contributed by atoms with Crippen LogP contribution in [-0.4, -0.2) is 33.0 Å². The molecule has 1 aromatic carbocycles. The molecule has 1 heterocycles. The molecule has 120 valence electrons. The molecule has 0 aliphatic rings. The molecule has 5 nitrogen and oxygen atoms in total. The highest BCUT2D eigenvalue weighted by atomic mass is 32.2. The topological polar surface area (TPSA) is 59.8 Å². The van der Waals surface area contributed by atoms with Crippen LogP contribution in [0.5, 0.6) is 0 Å². The van der Waals surface area contributed by atoms with Gasteiger partial charge in [0.2, 0.25) is 5.91 Å². The molecule has 1 amide bonds. The van der Waals surface area contributed by atoms with E-state index in [1.165, 1.54) is 11.8 Å². The number of terminal acetylenes is 1. The molecule has 0 fully saturated rings. The summed E-state index contributed by atoms with van der Waals surface area (Å²) in [6.07, 6.45) is 6.09. The molecule has 0 saturated carbocycles. The van der Waals surface area contributed by atoms with Gasteiger partial charge in [-0.1, -0.05) is 54.9 Å². The minimum atomic E-state index is -0.104. The normalized spacial score (nSPS) is 11.7. The second-order valence-electron chi connectivity index (χ2n) is 5.07. The molecule has 1 N–H and O–H groups in total. The lowest BCUT2D eigenvalue weighted by Gasteiger charge is -2.16. The maximum Gasteiger partial charge on any atom is 0.231 e. The molecule has 0 unspecified atom stereocenters. The van der Waals surface area contributed by atoms with Gasteiger partial charge in [-0.2, -0.15) is 0 Å². The molecule has 2 aromatic rings. The number of nitrogens with zero attached hydrogens (tertiary/aromatic N) is 3. The molecular formula is C17H20N4OS. The predicted molar refractivity (Wildman–Crippen MR) is 93.0 cm³/mol. The van der Waals surface area contributed by atoms with Crippen molar-refractivity contribution in [3.63, 3.8) is 0 Å². The number of aromatic nitrogens is 3. The number of amides is 1. The summed E-state index contributed by atoms with van der Waals surface area (Å²) in [5.41, 5.74) is 1.02. The van der Waals surface area contributed by atoms with Crippen LogP contribution >= 0.6 is 11.8 Å². The largest absolute Gasteiger partial charge is 0.344 e. The van der Waals surface area contributed by atoms with E-state index in [0.29, 0.717) is 0 Å². The van der Waals surface area contributed by atoms with E-state index < -0.39 is 0 Å². The minimum Gasteiger partial charge on any atom is -0.344 e. The third kappa shape index (κ3) is 4.36. The number of carbonyl (C=O) groups excluding carboxylic acids is 1. The SMILES string of the molecule is C#CCNC(=O)CSc1nnc(-c2ccccc2)n1[C@H](C)CC. The van der Waals surface area contributed by atoms with E-state index >= 15 is 0 Å². The summed E-state index contributed by atoms with van der Waals surface area (Å²) in [6.45, 7) is 4.48. The summed E-state index contributed by atoms with van der Waals surface area (Å²) in [6, 6.07) is 10.2. The Labute approximate surface area is 140 Å². The van der Waals surface area contributed by atoms with Crippen LogP contribution in [0, 0.1) is 12.3 Å². The molecule has 1 atom stereocenters. The summed E-state index contributed by atoms with van der Waals surface area (Å²) in [7, 11) is 0. The van der Waals surface area contributed by atoms with Crippen molar-refractivity contribution in [1.82, 2.24) is 20.1 Å². The van der Waals surface area contributed by atoms with E-state index in [1.54, 1.807) is 0 Å². The van der Waals surface area contributed by atoms with Crippen LogP contribution in [0.4, 0.5) is 0 Å². The summed E-state index contributed by atoms with van der Waals surface area (Å²) in [5, 5.41) is 12.0. The molecule has 23 heavy (non-hydrogen) atoms. The quantitative estimate of drug-likeness (QED) is 0.627. The lowest BCUT2D eigenvalue weighted by atomic mass is 10.2. The van der Waals surface area contributed by atoms with E-state index in [-0.39, 0.29) is 24.2 Å². The maximum absolute atomic E-state index is 11.7. The number of thioether (sulfide) groups is 1. The Balaban J connectivity index is 2.22. The molecule has 2 rings (SSSR count). The number of hydrogen-bond donors (Lipinski definition) is 1. The summed E-state index contributed by atoms with van der Waals surface area (Å²) >= 11 is 1.37. The zero-order valence-electron chi connectivity index (χ0n) is 13.3. The van der Waals surface area contributed by atoms with Crippen LogP contribution in [0.25, 0.3) is 11.4 Å².